The summed E-state index contributed by atoms with van der Waals surface area (Å²) in [5.74, 6) is 0. The Hall–Kier alpha value is -14.7. The van der Waals surface area contributed by atoms with Crippen LogP contribution in [0, 0.1) is 0 Å². The molecule has 0 bridgehead atoms. The minimum absolute atomic E-state index is 1.09. The molecule has 0 fully saturated rings. The van der Waals surface area contributed by atoms with E-state index in [1.54, 1.807) is 0 Å². The summed E-state index contributed by atoms with van der Waals surface area (Å²) in [6.07, 6.45) is 0. The highest BCUT2D eigenvalue weighted by Gasteiger charge is 2.22. The van der Waals surface area contributed by atoms with E-state index in [1.165, 1.54) is 136 Å². The van der Waals surface area contributed by atoms with Crippen LogP contribution in [0.5, 0.6) is 0 Å². The van der Waals surface area contributed by atoms with Gasteiger partial charge in [0, 0.05) is 149 Å². The van der Waals surface area contributed by atoms with Crippen LogP contribution in [-0.4, -0.2) is 0 Å². The first-order chi connectivity index (χ1) is 60.5. The average molecular weight is 1630 g/mol. The van der Waals surface area contributed by atoms with Gasteiger partial charge in [0.1, 0.15) is 0 Å². The first kappa shape index (κ1) is 73.6. The number of benzene rings is 19. The van der Waals surface area contributed by atoms with Crippen LogP contribution in [0.3, 0.4) is 0 Å². The maximum atomic E-state index is 2.34. The smallest absolute Gasteiger partial charge is 0.0463 e. The third-order valence-electron chi connectivity index (χ3n) is 23.4. The predicted molar refractivity (Wildman–Crippen MR) is 530 cm³/mol. The second-order valence-electron chi connectivity index (χ2n) is 30.7. The number of para-hydroxylation sites is 4. The number of hydrogen-bond acceptors (Lipinski definition) is 8. The molecule has 19 aromatic carbocycles. The van der Waals surface area contributed by atoms with Gasteiger partial charge in [0.25, 0.3) is 0 Å². The Morgan fingerprint density at radius 3 is 0.607 bits per heavy atom. The third-order valence-corrected chi connectivity index (χ3v) is 28.1. The maximum Gasteiger partial charge on any atom is 0.0463 e. The summed E-state index contributed by atoms with van der Waals surface area (Å²) in [6, 6.07) is 167. The highest BCUT2D eigenvalue weighted by molar-refractivity contribution is 7.27. The molecular weight excluding hydrogens is 1550 g/mol. The SMILES string of the molecule is c1ccc(N(c2ccc(-c3ccc(N(c4ccccc4)c4ccc(-c5ccc6sc7ccccc7c6c5)cc4)cc3)cc2)c2ccc(-c3ccc4sc5ccccc5c4c3)cc2)cc1.c1ccc(N(c2ccc(-c3cccc4c3sc3ccccc34)cc2)c2ccc(N(c3ccccc3)c3ccc(-c4cccc5c4sc4ccccc45)cc3)cc2)cc1. The van der Waals surface area contributed by atoms with Crippen molar-refractivity contribution in [2.24, 2.45) is 0 Å². The van der Waals surface area contributed by atoms with E-state index in [4.69, 9.17) is 0 Å². The van der Waals surface area contributed by atoms with Crippen molar-refractivity contribution in [3.63, 3.8) is 0 Å². The van der Waals surface area contributed by atoms with Crippen LogP contribution in [0.1, 0.15) is 0 Å². The Labute approximate surface area is 724 Å². The largest absolute Gasteiger partial charge is 0.311 e. The highest BCUT2D eigenvalue weighted by atomic mass is 32.1. The zero-order valence-corrected chi connectivity index (χ0v) is 69.6. The van der Waals surface area contributed by atoms with Gasteiger partial charge in [-0.25, -0.2) is 0 Å². The van der Waals surface area contributed by atoms with E-state index in [2.05, 4.69) is 481 Å². The van der Waals surface area contributed by atoms with Crippen molar-refractivity contribution in [1.29, 1.82) is 0 Å². The maximum absolute atomic E-state index is 2.34. The zero-order chi connectivity index (χ0) is 80.8. The first-order valence-electron chi connectivity index (χ1n) is 41.2. The lowest BCUT2D eigenvalue weighted by atomic mass is 10.0. The molecule has 0 unspecified atom stereocenters. The molecule has 0 amide bonds. The van der Waals surface area contributed by atoms with E-state index in [-0.39, 0.29) is 0 Å². The van der Waals surface area contributed by atoms with Gasteiger partial charge in [-0.2, -0.15) is 0 Å². The highest BCUT2D eigenvalue weighted by Crippen LogP contribution is 2.48. The summed E-state index contributed by atoms with van der Waals surface area (Å²) in [5, 5.41) is 10.6. The summed E-state index contributed by atoms with van der Waals surface area (Å²) in [4.78, 5) is 9.34. The van der Waals surface area contributed by atoms with Crippen molar-refractivity contribution < 1.29 is 0 Å². The molecule has 0 aliphatic rings. The predicted octanol–water partition coefficient (Wildman–Crippen LogP) is 35.1. The molecule has 0 N–H and O–H groups in total. The van der Waals surface area contributed by atoms with Gasteiger partial charge in [-0.15, -0.1) is 45.3 Å². The molecule has 0 spiro atoms. The Kier molecular flexibility index (Phi) is 19.4. The van der Waals surface area contributed by atoms with E-state index in [9.17, 15) is 0 Å². The number of nitrogens with zero attached hydrogens (tertiary/aromatic N) is 4. The van der Waals surface area contributed by atoms with Gasteiger partial charge < -0.3 is 19.6 Å². The molecule has 0 saturated carbocycles. The molecule has 8 heteroatoms. The van der Waals surface area contributed by atoms with Crippen LogP contribution in [0.2, 0.25) is 0 Å². The van der Waals surface area contributed by atoms with Crippen LogP contribution in [0.25, 0.3) is 136 Å². The number of hydrogen-bond donors (Lipinski definition) is 0. The fourth-order valence-corrected chi connectivity index (χ4v) is 22.0. The van der Waals surface area contributed by atoms with Crippen LogP contribution in [0.15, 0.2) is 461 Å². The van der Waals surface area contributed by atoms with Crippen molar-refractivity contribution >= 4 is 194 Å². The van der Waals surface area contributed by atoms with E-state index in [0.29, 0.717) is 0 Å². The number of anilines is 12. The molecule has 0 radical (unpaired) electrons. The fourth-order valence-electron chi connectivity index (χ4n) is 17.4. The number of thiophene rings is 4. The Balaban J connectivity index is 0.000000146. The summed E-state index contributed by atoms with van der Waals surface area (Å²) >= 11 is 7.46. The fraction of sp³-hybridized carbons (Fsp3) is 0. The third kappa shape index (κ3) is 14.1. The molecule has 0 atom stereocenters. The Morgan fingerprint density at radius 2 is 0.320 bits per heavy atom. The van der Waals surface area contributed by atoms with Crippen molar-refractivity contribution in [3.8, 4) is 55.6 Å². The molecule has 4 aromatic heterocycles. The molecule has 4 heterocycles. The van der Waals surface area contributed by atoms with Gasteiger partial charge >= 0.3 is 0 Å². The lowest BCUT2D eigenvalue weighted by Crippen LogP contribution is -2.12. The van der Waals surface area contributed by atoms with Crippen molar-refractivity contribution in [3.05, 3.63) is 461 Å². The molecule has 23 aromatic rings. The van der Waals surface area contributed by atoms with Gasteiger partial charge in [-0.05, 0) is 250 Å². The van der Waals surface area contributed by atoms with Crippen LogP contribution >= 0.6 is 45.3 Å². The second kappa shape index (κ2) is 32.2. The van der Waals surface area contributed by atoms with E-state index >= 15 is 0 Å². The van der Waals surface area contributed by atoms with Crippen molar-refractivity contribution in [2.75, 3.05) is 19.6 Å². The minimum atomic E-state index is 1.09. The summed E-state index contributed by atoms with van der Waals surface area (Å²) in [5.41, 5.74) is 25.5. The zero-order valence-electron chi connectivity index (χ0n) is 66.3. The van der Waals surface area contributed by atoms with Gasteiger partial charge in [-0.1, -0.05) is 267 Å². The second-order valence-corrected chi connectivity index (χ2v) is 34.9. The van der Waals surface area contributed by atoms with Crippen LogP contribution in [-0.2, 0) is 0 Å². The van der Waals surface area contributed by atoms with Gasteiger partial charge in [0.05, 0.1) is 0 Å². The quantitative estimate of drug-likeness (QED) is 0.0901. The summed E-state index contributed by atoms with van der Waals surface area (Å²) in [6.45, 7) is 0. The van der Waals surface area contributed by atoms with Gasteiger partial charge in [0.15, 0.2) is 0 Å². The molecule has 0 aliphatic carbocycles. The lowest BCUT2D eigenvalue weighted by Gasteiger charge is -2.28. The molecule has 23 rings (SSSR count). The standard InChI is InChI=1S/C60H40N2S2.C54H36N2S2/c1-3-11-47(12-4-1)61(51-33-23-43(24-34-51)45-27-37-59-55(39-45)53-15-7-9-17-57(53)63-59)49-29-19-41(20-30-49)42-21-31-50(32-22-42)62(48-13-5-2-6-14-48)52-35-25-44(26-36-52)46-28-38-60-56(40-46)54-16-8-10-18-58(54)64-60;1-3-13-39(14-4-1)55(41-29-25-37(26-30-41)45-19-11-21-49-47-17-7-9-23-51(47)57-53(45)49)43-33-35-44(36-34-43)56(40-15-5-2-6-16-40)42-31-27-38(28-32-42)46-20-12-22-50-48-18-8-10-24-52(48)58-54(46)50/h1-40H;1-36H. The van der Waals surface area contributed by atoms with E-state index in [1.807, 2.05) is 45.3 Å². The molecule has 4 nitrogen and oxygen atoms in total. The van der Waals surface area contributed by atoms with Crippen molar-refractivity contribution in [2.45, 2.75) is 0 Å². The first-order valence-corrected chi connectivity index (χ1v) is 44.5. The Bertz CT molecular complexity index is 7240. The van der Waals surface area contributed by atoms with E-state index in [0.717, 1.165) is 68.2 Å². The van der Waals surface area contributed by atoms with Gasteiger partial charge in [-0.3, -0.25) is 0 Å². The van der Waals surface area contributed by atoms with Crippen LogP contribution < -0.4 is 19.6 Å². The molecule has 0 saturated heterocycles. The molecule has 576 valence electrons. The van der Waals surface area contributed by atoms with E-state index < -0.39 is 0 Å². The Morgan fingerprint density at radius 1 is 0.123 bits per heavy atom. The summed E-state index contributed by atoms with van der Waals surface area (Å²) < 4.78 is 10.6. The molecular formula is C114H76N4S4. The normalized spacial score (nSPS) is 11.4. The average Bonchev–Trinajstić information content (AvgIpc) is 1.41. The minimum Gasteiger partial charge on any atom is -0.311 e. The molecule has 0 aliphatic heterocycles. The van der Waals surface area contributed by atoms with Crippen LogP contribution in [0.4, 0.5) is 68.2 Å². The topological polar surface area (TPSA) is 13.0 Å². The number of fused-ring (bicyclic) bond motifs is 12. The lowest BCUT2D eigenvalue weighted by molar-refractivity contribution is 1.26. The summed E-state index contributed by atoms with van der Waals surface area (Å²) in [7, 11) is 0. The molecule has 122 heavy (non-hydrogen) atoms. The number of rotatable bonds is 17. The van der Waals surface area contributed by atoms with Gasteiger partial charge in [0.2, 0.25) is 0 Å². The van der Waals surface area contributed by atoms with Crippen molar-refractivity contribution in [1.82, 2.24) is 0 Å². The monoisotopic (exact) mass is 1630 g/mol.